The summed E-state index contributed by atoms with van der Waals surface area (Å²) in [5.41, 5.74) is 2.61. The summed E-state index contributed by atoms with van der Waals surface area (Å²) in [5.74, 6) is 1.12. The number of benzene rings is 2. The molecule has 1 N–H and O–H groups in total. The van der Waals surface area contributed by atoms with Crippen molar-refractivity contribution in [2.75, 3.05) is 0 Å². The van der Waals surface area contributed by atoms with E-state index in [1.807, 2.05) is 25.1 Å². The Hall–Kier alpha value is -1.80. The van der Waals surface area contributed by atoms with E-state index in [4.69, 9.17) is 4.74 Å². The first-order chi connectivity index (χ1) is 9.74. The summed E-state index contributed by atoms with van der Waals surface area (Å²) in [5, 5.41) is 9.49. The molecule has 0 radical (unpaired) electrons. The van der Waals surface area contributed by atoms with Gasteiger partial charge in [0.15, 0.2) is 6.29 Å². The Morgan fingerprint density at radius 2 is 1.45 bits per heavy atom. The van der Waals surface area contributed by atoms with Crippen LogP contribution < -0.4 is 4.74 Å². The molecule has 2 aromatic carbocycles. The molecule has 0 aliphatic carbocycles. The highest BCUT2D eigenvalue weighted by Crippen LogP contribution is 2.29. The Balaban J connectivity index is 2.15. The predicted octanol–water partition coefficient (Wildman–Crippen LogP) is 4.34. The Morgan fingerprint density at radius 3 is 2.00 bits per heavy atom. The molecule has 0 bridgehead atoms. The van der Waals surface area contributed by atoms with Gasteiger partial charge in [-0.05, 0) is 29.7 Å². The van der Waals surface area contributed by atoms with Crippen molar-refractivity contribution in [3.63, 3.8) is 0 Å². The molecule has 0 heterocycles. The number of hydrogen-bond donors (Lipinski definition) is 1. The van der Waals surface area contributed by atoms with E-state index < -0.39 is 6.29 Å². The van der Waals surface area contributed by atoms with Crippen molar-refractivity contribution in [3.05, 3.63) is 65.7 Å². The fourth-order valence-electron chi connectivity index (χ4n) is 2.37. The van der Waals surface area contributed by atoms with Gasteiger partial charge in [-0.2, -0.15) is 0 Å². The minimum Gasteiger partial charge on any atom is -0.465 e. The quantitative estimate of drug-likeness (QED) is 0.791. The van der Waals surface area contributed by atoms with Crippen LogP contribution in [0.3, 0.4) is 0 Å². The number of rotatable bonds is 6. The lowest BCUT2D eigenvalue weighted by molar-refractivity contribution is -0.0191. The number of ether oxygens (including phenoxy) is 1. The van der Waals surface area contributed by atoms with E-state index in [2.05, 4.69) is 43.3 Å². The maximum Gasteiger partial charge on any atom is 0.197 e. The van der Waals surface area contributed by atoms with Crippen LogP contribution in [0.1, 0.15) is 43.7 Å². The largest absolute Gasteiger partial charge is 0.465 e. The smallest absolute Gasteiger partial charge is 0.197 e. The lowest BCUT2D eigenvalue weighted by atomic mass is 9.89. The van der Waals surface area contributed by atoms with E-state index in [1.54, 1.807) is 0 Å². The van der Waals surface area contributed by atoms with Gasteiger partial charge in [0.25, 0.3) is 0 Å². The summed E-state index contributed by atoms with van der Waals surface area (Å²) < 4.78 is 5.39. The third-order valence-corrected chi connectivity index (χ3v) is 3.51. The SMILES string of the molecule is CCC(O)Oc1ccc(C(CC)c2ccccc2)cc1. The zero-order chi connectivity index (χ0) is 14.4. The molecule has 2 rings (SSSR count). The van der Waals surface area contributed by atoms with E-state index in [-0.39, 0.29) is 0 Å². The van der Waals surface area contributed by atoms with Crippen molar-refractivity contribution < 1.29 is 9.84 Å². The van der Waals surface area contributed by atoms with Crippen LogP contribution in [0, 0.1) is 0 Å². The minimum atomic E-state index is -0.725. The molecule has 106 valence electrons. The molecule has 0 saturated carbocycles. The van der Waals surface area contributed by atoms with Gasteiger partial charge in [0.05, 0.1) is 0 Å². The van der Waals surface area contributed by atoms with Gasteiger partial charge >= 0.3 is 0 Å². The summed E-state index contributed by atoms with van der Waals surface area (Å²) in [7, 11) is 0. The third-order valence-electron chi connectivity index (χ3n) is 3.51. The molecule has 0 spiro atoms. The second-order valence-corrected chi connectivity index (χ2v) is 4.92. The standard InChI is InChI=1S/C18H22O2/c1-3-17(14-8-6-5-7-9-14)15-10-12-16(13-11-15)20-18(19)4-2/h5-13,17-19H,3-4H2,1-2H3. The number of hydrogen-bond acceptors (Lipinski definition) is 2. The van der Waals surface area contributed by atoms with Gasteiger partial charge in [-0.1, -0.05) is 56.3 Å². The van der Waals surface area contributed by atoms with Crippen molar-refractivity contribution >= 4 is 0 Å². The van der Waals surface area contributed by atoms with Gasteiger partial charge in [0.2, 0.25) is 0 Å². The van der Waals surface area contributed by atoms with Gasteiger partial charge in [0.1, 0.15) is 5.75 Å². The zero-order valence-electron chi connectivity index (χ0n) is 12.1. The van der Waals surface area contributed by atoms with Crippen LogP contribution in [0.5, 0.6) is 5.75 Å². The van der Waals surface area contributed by atoms with E-state index in [9.17, 15) is 5.11 Å². The van der Waals surface area contributed by atoms with E-state index in [0.717, 1.165) is 6.42 Å². The van der Waals surface area contributed by atoms with Crippen molar-refractivity contribution in [2.45, 2.75) is 38.9 Å². The van der Waals surface area contributed by atoms with Crippen LogP contribution in [0.25, 0.3) is 0 Å². The molecule has 0 saturated heterocycles. The van der Waals surface area contributed by atoms with Crippen molar-refractivity contribution in [1.82, 2.24) is 0 Å². The maximum absolute atomic E-state index is 9.49. The van der Waals surface area contributed by atoms with Gasteiger partial charge in [-0.3, -0.25) is 0 Å². The Labute approximate surface area is 121 Å². The average Bonchev–Trinajstić information content (AvgIpc) is 2.50. The van der Waals surface area contributed by atoms with Gasteiger partial charge in [0, 0.05) is 12.3 Å². The summed E-state index contributed by atoms with van der Waals surface area (Å²) >= 11 is 0. The van der Waals surface area contributed by atoms with E-state index in [1.165, 1.54) is 11.1 Å². The van der Waals surface area contributed by atoms with Crippen LogP contribution in [0.4, 0.5) is 0 Å². The lowest BCUT2D eigenvalue weighted by Gasteiger charge is -2.17. The second kappa shape index (κ2) is 7.11. The summed E-state index contributed by atoms with van der Waals surface area (Å²) in [6.45, 7) is 4.09. The average molecular weight is 270 g/mol. The minimum absolute atomic E-state index is 0.404. The number of aliphatic hydroxyl groups is 1. The molecule has 2 unspecified atom stereocenters. The van der Waals surface area contributed by atoms with Crippen LogP contribution in [0.2, 0.25) is 0 Å². The highest BCUT2D eigenvalue weighted by Gasteiger charge is 2.12. The molecular weight excluding hydrogens is 248 g/mol. The highest BCUT2D eigenvalue weighted by molar-refractivity contribution is 5.35. The lowest BCUT2D eigenvalue weighted by Crippen LogP contribution is -2.13. The van der Waals surface area contributed by atoms with E-state index in [0.29, 0.717) is 18.1 Å². The van der Waals surface area contributed by atoms with Gasteiger partial charge < -0.3 is 9.84 Å². The molecule has 0 aliphatic rings. The van der Waals surface area contributed by atoms with Crippen molar-refractivity contribution in [3.8, 4) is 5.75 Å². The predicted molar refractivity (Wildman–Crippen MR) is 81.9 cm³/mol. The Bertz CT molecular complexity index is 505. The van der Waals surface area contributed by atoms with Crippen LogP contribution >= 0.6 is 0 Å². The molecule has 2 nitrogen and oxygen atoms in total. The zero-order valence-corrected chi connectivity index (χ0v) is 12.1. The summed E-state index contributed by atoms with van der Waals surface area (Å²) in [6.07, 6.45) is 0.919. The molecular formula is C18H22O2. The molecule has 2 heteroatoms. The summed E-state index contributed by atoms with van der Waals surface area (Å²) in [4.78, 5) is 0. The molecule has 0 aromatic heterocycles. The van der Waals surface area contributed by atoms with E-state index >= 15 is 0 Å². The number of aliphatic hydroxyl groups excluding tert-OH is 1. The van der Waals surface area contributed by atoms with Crippen LogP contribution in [0.15, 0.2) is 54.6 Å². The fourth-order valence-corrected chi connectivity index (χ4v) is 2.37. The fraction of sp³-hybridized carbons (Fsp3) is 0.333. The Morgan fingerprint density at radius 1 is 0.850 bits per heavy atom. The maximum atomic E-state index is 9.49. The second-order valence-electron chi connectivity index (χ2n) is 4.92. The van der Waals surface area contributed by atoms with Gasteiger partial charge in [-0.25, -0.2) is 0 Å². The monoisotopic (exact) mass is 270 g/mol. The first-order valence-corrected chi connectivity index (χ1v) is 7.24. The molecule has 2 atom stereocenters. The topological polar surface area (TPSA) is 29.5 Å². The molecule has 20 heavy (non-hydrogen) atoms. The van der Waals surface area contributed by atoms with Crippen LogP contribution in [-0.4, -0.2) is 11.4 Å². The molecule has 2 aromatic rings. The normalized spacial score (nSPS) is 13.8. The van der Waals surface area contributed by atoms with Crippen molar-refractivity contribution in [1.29, 1.82) is 0 Å². The highest BCUT2D eigenvalue weighted by atomic mass is 16.6. The van der Waals surface area contributed by atoms with Gasteiger partial charge in [-0.15, -0.1) is 0 Å². The molecule has 0 fully saturated rings. The third kappa shape index (κ3) is 3.61. The molecule has 0 amide bonds. The summed E-state index contributed by atoms with van der Waals surface area (Å²) in [6, 6.07) is 18.6. The first kappa shape index (κ1) is 14.6. The van der Waals surface area contributed by atoms with Crippen molar-refractivity contribution in [2.24, 2.45) is 0 Å². The van der Waals surface area contributed by atoms with Crippen LogP contribution in [-0.2, 0) is 0 Å². The molecule has 0 aliphatic heterocycles. The first-order valence-electron chi connectivity index (χ1n) is 7.24. The Kier molecular flexibility index (Phi) is 5.19.